The highest BCUT2D eigenvalue weighted by Crippen LogP contribution is 2.23. The summed E-state index contributed by atoms with van der Waals surface area (Å²) in [5, 5.41) is 9.77. The lowest BCUT2D eigenvalue weighted by atomic mass is 10.2. The van der Waals surface area contributed by atoms with Crippen LogP contribution in [0.5, 0.6) is 0 Å². The van der Waals surface area contributed by atoms with Gasteiger partial charge in [0.2, 0.25) is 0 Å². The minimum atomic E-state index is 0.0855. The van der Waals surface area contributed by atoms with Gasteiger partial charge in [0.15, 0.2) is 0 Å². The molecule has 0 N–H and O–H groups in total. The third kappa shape index (κ3) is 1.54. The lowest BCUT2D eigenvalue weighted by Gasteiger charge is -2.16. The summed E-state index contributed by atoms with van der Waals surface area (Å²) in [6.45, 7) is 2.13. The van der Waals surface area contributed by atoms with E-state index in [1.165, 1.54) is 10.9 Å². The molecule has 0 aliphatic heterocycles. The van der Waals surface area contributed by atoms with E-state index in [4.69, 9.17) is 0 Å². The van der Waals surface area contributed by atoms with Crippen LogP contribution in [0.3, 0.4) is 0 Å². The lowest BCUT2D eigenvalue weighted by Crippen LogP contribution is -2.15. The van der Waals surface area contributed by atoms with Crippen molar-refractivity contribution in [2.45, 2.75) is 13.1 Å². The average molecular weight is 262 g/mol. The van der Waals surface area contributed by atoms with Crippen molar-refractivity contribution in [1.82, 2.24) is 19.6 Å². The molecule has 2 heterocycles. The fourth-order valence-corrected chi connectivity index (χ4v) is 2.71. The second kappa shape index (κ2) is 4.20. The maximum absolute atomic E-state index is 4.30. The van der Waals surface area contributed by atoms with Crippen LogP contribution in [0.2, 0.25) is 0 Å². The van der Waals surface area contributed by atoms with Crippen molar-refractivity contribution in [3.8, 4) is 0 Å². The van der Waals surface area contributed by atoms with Crippen molar-refractivity contribution in [3.63, 3.8) is 0 Å². The van der Waals surface area contributed by atoms with Gasteiger partial charge in [0, 0.05) is 11.7 Å². The number of para-hydroxylation sites is 2. The smallest absolute Gasteiger partial charge is 0.126 e. The Labute approximate surface area is 116 Å². The van der Waals surface area contributed by atoms with E-state index in [0.717, 1.165) is 11.0 Å². The molecule has 2 aromatic carbocycles. The summed E-state index contributed by atoms with van der Waals surface area (Å²) in [6, 6.07) is 18.5. The predicted octanol–water partition coefficient (Wildman–Crippen LogP) is 3.45. The van der Waals surface area contributed by atoms with Crippen LogP contribution in [-0.2, 0) is 0 Å². The summed E-state index contributed by atoms with van der Waals surface area (Å²) in [6.07, 6.45) is 2.19. The molecule has 0 aliphatic rings. The maximum Gasteiger partial charge on any atom is 0.126 e. The SMILES string of the molecule is CC(n1ccc2ccccc21)n1nnc2ccccc21. The van der Waals surface area contributed by atoms with Crippen LogP contribution in [0.15, 0.2) is 60.8 Å². The highest BCUT2D eigenvalue weighted by molar-refractivity contribution is 5.80. The first-order chi connectivity index (χ1) is 9.84. The van der Waals surface area contributed by atoms with Crippen LogP contribution in [-0.4, -0.2) is 19.6 Å². The molecule has 1 atom stereocenters. The molecule has 0 amide bonds. The maximum atomic E-state index is 4.30. The van der Waals surface area contributed by atoms with Gasteiger partial charge in [-0.2, -0.15) is 0 Å². The monoisotopic (exact) mass is 262 g/mol. The van der Waals surface area contributed by atoms with E-state index >= 15 is 0 Å². The Balaban J connectivity index is 1.90. The van der Waals surface area contributed by atoms with E-state index < -0.39 is 0 Å². The van der Waals surface area contributed by atoms with Gasteiger partial charge in [-0.3, -0.25) is 0 Å². The summed E-state index contributed by atoms with van der Waals surface area (Å²) in [7, 11) is 0. The van der Waals surface area contributed by atoms with E-state index in [9.17, 15) is 0 Å². The number of benzene rings is 2. The Hall–Kier alpha value is -2.62. The third-order valence-electron chi connectivity index (χ3n) is 3.76. The van der Waals surface area contributed by atoms with Crippen LogP contribution >= 0.6 is 0 Å². The van der Waals surface area contributed by atoms with Crippen LogP contribution in [0.1, 0.15) is 13.1 Å². The number of rotatable bonds is 2. The van der Waals surface area contributed by atoms with Gasteiger partial charge >= 0.3 is 0 Å². The van der Waals surface area contributed by atoms with Gasteiger partial charge in [-0.15, -0.1) is 5.10 Å². The molecule has 4 rings (SSSR count). The summed E-state index contributed by atoms with van der Waals surface area (Å²) in [5.74, 6) is 0. The summed E-state index contributed by atoms with van der Waals surface area (Å²) < 4.78 is 4.18. The normalized spacial score (nSPS) is 13.1. The van der Waals surface area contributed by atoms with E-state index in [1.54, 1.807) is 0 Å². The number of aromatic nitrogens is 4. The molecule has 1 unspecified atom stereocenters. The summed E-state index contributed by atoms with van der Waals surface area (Å²) >= 11 is 0. The first kappa shape index (κ1) is 11.2. The molecule has 98 valence electrons. The number of hydrogen-bond donors (Lipinski definition) is 0. The standard InChI is InChI=1S/C16H14N4/c1-12(19-11-10-13-6-2-4-8-15(13)19)20-16-9-5-3-7-14(16)17-18-20/h2-12H,1H3. The van der Waals surface area contributed by atoms with Crippen molar-refractivity contribution >= 4 is 21.9 Å². The fraction of sp³-hybridized carbons (Fsp3) is 0.125. The Morgan fingerprint density at radius 1 is 0.900 bits per heavy atom. The summed E-state index contributed by atoms with van der Waals surface area (Å²) in [5.41, 5.74) is 3.19. The number of fused-ring (bicyclic) bond motifs is 2. The zero-order valence-electron chi connectivity index (χ0n) is 11.1. The van der Waals surface area contributed by atoms with Crippen molar-refractivity contribution < 1.29 is 0 Å². The topological polar surface area (TPSA) is 35.6 Å². The highest BCUT2D eigenvalue weighted by atomic mass is 15.5. The van der Waals surface area contributed by atoms with E-state index in [2.05, 4.69) is 64.4 Å². The van der Waals surface area contributed by atoms with Crippen molar-refractivity contribution in [3.05, 3.63) is 60.8 Å². The predicted molar refractivity (Wildman–Crippen MR) is 79.6 cm³/mol. The average Bonchev–Trinajstić information content (AvgIpc) is 3.11. The van der Waals surface area contributed by atoms with Gasteiger partial charge in [-0.05, 0) is 36.6 Å². The highest BCUT2D eigenvalue weighted by Gasteiger charge is 2.13. The molecule has 4 aromatic rings. The molecule has 0 spiro atoms. The van der Waals surface area contributed by atoms with Gasteiger partial charge in [0.05, 0.1) is 5.52 Å². The third-order valence-corrected chi connectivity index (χ3v) is 3.76. The van der Waals surface area contributed by atoms with Crippen LogP contribution in [0.4, 0.5) is 0 Å². The largest absolute Gasteiger partial charge is 0.325 e. The minimum Gasteiger partial charge on any atom is -0.325 e. The summed E-state index contributed by atoms with van der Waals surface area (Å²) in [4.78, 5) is 0. The quantitative estimate of drug-likeness (QED) is 0.554. The van der Waals surface area contributed by atoms with Gasteiger partial charge in [-0.25, -0.2) is 4.68 Å². The first-order valence-electron chi connectivity index (χ1n) is 6.70. The van der Waals surface area contributed by atoms with Crippen LogP contribution in [0.25, 0.3) is 21.9 Å². The molecule has 4 heteroatoms. The Kier molecular flexibility index (Phi) is 2.36. The molecule has 0 saturated heterocycles. The van der Waals surface area contributed by atoms with Gasteiger partial charge in [0.25, 0.3) is 0 Å². The molecule has 2 aromatic heterocycles. The van der Waals surface area contributed by atoms with Gasteiger partial charge in [-0.1, -0.05) is 35.5 Å². The number of nitrogens with zero attached hydrogens (tertiary/aromatic N) is 4. The van der Waals surface area contributed by atoms with Crippen LogP contribution in [0, 0.1) is 0 Å². The number of hydrogen-bond acceptors (Lipinski definition) is 2. The second-order valence-electron chi connectivity index (χ2n) is 4.94. The molecule has 4 nitrogen and oxygen atoms in total. The Morgan fingerprint density at radius 2 is 1.65 bits per heavy atom. The second-order valence-corrected chi connectivity index (χ2v) is 4.94. The van der Waals surface area contributed by atoms with E-state index in [0.29, 0.717) is 0 Å². The van der Waals surface area contributed by atoms with Crippen molar-refractivity contribution in [1.29, 1.82) is 0 Å². The zero-order valence-corrected chi connectivity index (χ0v) is 11.1. The minimum absolute atomic E-state index is 0.0855. The van der Waals surface area contributed by atoms with Gasteiger partial charge in [0.1, 0.15) is 11.7 Å². The molecule has 0 aliphatic carbocycles. The van der Waals surface area contributed by atoms with Crippen molar-refractivity contribution in [2.75, 3.05) is 0 Å². The fourth-order valence-electron chi connectivity index (χ4n) is 2.71. The molecule has 0 radical (unpaired) electrons. The molecular formula is C16H14N4. The molecule has 0 saturated carbocycles. The Morgan fingerprint density at radius 3 is 2.55 bits per heavy atom. The molecule has 20 heavy (non-hydrogen) atoms. The first-order valence-corrected chi connectivity index (χ1v) is 6.70. The lowest BCUT2D eigenvalue weighted by molar-refractivity contribution is 0.439. The van der Waals surface area contributed by atoms with E-state index in [-0.39, 0.29) is 6.17 Å². The van der Waals surface area contributed by atoms with E-state index in [1.807, 2.05) is 22.9 Å². The zero-order chi connectivity index (χ0) is 13.5. The van der Waals surface area contributed by atoms with Crippen LogP contribution < -0.4 is 0 Å². The van der Waals surface area contributed by atoms with Crippen molar-refractivity contribution in [2.24, 2.45) is 0 Å². The molecular weight excluding hydrogens is 248 g/mol. The molecule has 0 bridgehead atoms. The Bertz CT molecular complexity index is 813. The van der Waals surface area contributed by atoms with Gasteiger partial charge < -0.3 is 4.57 Å². The molecule has 0 fully saturated rings.